The Kier molecular flexibility index (Phi) is 5.54. The van der Waals surface area contributed by atoms with Crippen LogP contribution in [0.1, 0.15) is 6.42 Å². The van der Waals surface area contributed by atoms with E-state index in [4.69, 9.17) is 15.3 Å². The van der Waals surface area contributed by atoms with Crippen LogP contribution < -0.4 is 16.6 Å². The number of nitrogens with two attached hydrogens (primary N) is 1. The van der Waals surface area contributed by atoms with E-state index in [1.807, 2.05) is 10.6 Å². The van der Waals surface area contributed by atoms with Gasteiger partial charge in [-0.05, 0) is 6.42 Å². The van der Waals surface area contributed by atoms with Gasteiger partial charge in [0.05, 0.1) is 19.4 Å². The number of fused-ring (bicyclic) bond motifs is 1. The lowest BCUT2D eigenvalue weighted by Crippen LogP contribution is -2.13. The molecule has 0 bridgehead atoms. The van der Waals surface area contributed by atoms with E-state index in [0.717, 1.165) is 18.6 Å². The third-order valence-corrected chi connectivity index (χ3v) is 2.71. The van der Waals surface area contributed by atoms with Crippen LogP contribution in [0.4, 0.5) is 11.6 Å². The molecule has 0 saturated carbocycles. The number of methoxy groups -OCH3 is 1. The molecule has 20 heavy (non-hydrogen) atoms. The third-order valence-electron chi connectivity index (χ3n) is 2.71. The Morgan fingerprint density at radius 3 is 3.05 bits per heavy atom. The van der Waals surface area contributed by atoms with Crippen molar-refractivity contribution in [3.8, 4) is 0 Å². The number of rotatable bonds is 9. The van der Waals surface area contributed by atoms with Gasteiger partial charge in [0, 0.05) is 32.7 Å². The highest BCUT2D eigenvalue weighted by molar-refractivity contribution is 5.65. The third kappa shape index (κ3) is 3.80. The van der Waals surface area contributed by atoms with Crippen LogP contribution in [0, 0.1) is 0 Å². The van der Waals surface area contributed by atoms with Crippen LogP contribution in [0.5, 0.6) is 0 Å². The number of anilines is 2. The second-order valence-electron chi connectivity index (χ2n) is 4.16. The van der Waals surface area contributed by atoms with Crippen LogP contribution in [0.25, 0.3) is 5.65 Å². The highest BCUT2D eigenvalue weighted by Gasteiger charge is 2.06. The molecule has 0 aliphatic carbocycles. The number of hydrazine groups is 1. The van der Waals surface area contributed by atoms with Crippen molar-refractivity contribution >= 4 is 17.3 Å². The summed E-state index contributed by atoms with van der Waals surface area (Å²) < 4.78 is 12.2. The van der Waals surface area contributed by atoms with Crippen molar-refractivity contribution in [2.45, 2.75) is 6.42 Å². The molecule has 0 radical (unpaired) electrons. The van der Waals surface area contributed by atoms with Gasteiger partial charge in [-0.25, -0.2) is 15.8 Å². The Morgan fingerprint density at radius 2 is 2.25 bits per heavy atom. The maximum absolute atomic E-state index is 5.40. The van der Waals surface area contributed by atoms with Gasteiger partial charge in [0.15, 0.2) is 17.3 Å². The second kappa shape index (κ2) is 7.63. The predicted octanol–water partition coefficient (Wildman–Crippen LogP) is 0.480. The van der Waals surface area contributed by atoms with E-state index >= 15 is 0 Å². The number of ether oxygens (including phenoxy) is 2. The lowest BCUT2D eigenvalue weighted by molar-refractivity contribution is 0.0705. The van der Waals surface area contributed by atoms with Crippen molar-refractivity contribution in [2.75, 3.05) is 44.2 Å². The van der Waals surface area contributed by atoms with Crippen molar-refractivity contribution in [1.82, 2.24) is 14.4 Å². The van der Waals surface area contributed by atoms with Crippen LogP contribution in [0.3, 0.4) is 0 Å². The summed E-state index contributed by atoms with van der Waals surface area (Å²) >= 11 is 0. The van der Waals surface area contributed by atoms with E-state index in [1.165, 1.54) is 0 Å². The fraction of sp³-hybridized carbons (Fsp3) is 0.500. The first kappa shape index (κ1) is 14.5. The molecular formula is C12H20N6O2. The molecule has 4 N–H and O–H groups in total. The van der Waals surface area contributed by atoms with Crippen LogP contribution in [0.15, 0.2) is 18.6 Å². The first-order chi connectivity index (χ1) is 9.85. The van der Waals surface area contributed by atoms with Crippen LogP contribution in [0.2, 0.25) is 0 Å². The molecule has 8 nitrogen and oxygen atoms in total. The number of nitrogens with one attached hydrogen (secondary N) is 2. The minimum Gasteiger partial charge on any atom is -0.382 e. The molecule has 8 heteroatoms. The number of aromatic nitrogens is 3. The maximum Gasteiger partial charge on any atom is 0.180 e. The molecule has 0 aliphatic heterocycles. The Hall–Kier alpha value is -1.90. The first-order valence-electron chi connectivity index (χ1n) is 6.46. The molecule has 0 unspecified atom stereocenters. The molecule has 2 aromatic rings. The molecule has 0 spiro atoms. The summed E-state index contributed by atoms with van der Waals surface area (Å²) in [5.41, 5.74) is 3.30. The molecule has 2 aromatic heterocycles. The number of imidazole rings is 1. The molecule has 2 rings (SSSR count). The first-order valence-corrected chi connectivity index (χ1v) is 6.46. The van der Waals surface area contributed by atoms with Gasteiger partial charge in [-0.1, -0.05) is 0 Å². The molecule has 0 amide bonds. The Balaban J connectivity index is 1.84. The van der Waals surface area contributed by atoms with Gasteiger partial charge < -0.3 is 24.6 Å². The molecule has 110 valence electrons. The van der Waals surface area contributed by atoms with Crippen LogP contribution in [-0.2, 0) is 9.47 Å². The number of nitrogen functional groups attached to an aromatic ring is 1. The lowest BCUT2D eigenvalue weighted by Gasteiger charge is -2.09. The highest BCUT2D eigenvalue weighted by Crippen LogP contribution is 2.15. The van der Waals surface area contributed by atoms with Crippen molar-refractivity contribution < 1.29 is 9.47 Å². The average molecular weight is 280 g/mol. The molecule has 0 aliphatic rings. The molecule has 2 heterocycles. The summed E-state index contributed by atoms with van der Waals surface area (Å²) in [5, 5.41) is 3.24. The zero-order valence-corrected chi connectivity index (χ0v) is 11.5. The van der Waals surface area contributed by atoms with E-state index in [-0.39, 0.29) is 0 Å². The fourth-order valence-corrected chi connectivity index (χ4v) is 1.75. The molecule has 0 aromatic carbocycles. The summed E-state index contributed by atoms with van der Waals surface area (Å²) in [6.45, 7) is 2.66. The Bertz CT molecular complexity index is 530. The van der Waals surface area contributed by atoms with Gasteiger partial charge in [-0.15, -0.1) is 0 Å². The average Bonchev–Trinajstić information content (AvgIpc) is 2.94. The van der Waals surface area contributed by atoms with Gasteiger partial charge in [0.25, 0.3) is 0 Å². The zero-order chi connectivity index (χ0) is 14.2. The van der Waals surface area contributed by atoms with E-state index in [9.17, 15) is 0 Å². The number of hydrogen-bond acceptors (Lipinski definition) is 7. The van der Waals surface area contributed by atoms with E-state index < -0.39 is 0 Å². The van der Waals surface area contributed by atoms with Gasteiger partial charge in [-0.3, -0.25) is 0 Å². The minimum absolute atomic E-state index is 0.578. The van der Waals surface area contributed by atoms with Crippen molar-refractivity contribution in [2.24, 2.45) is 5.84 Å². The quantitative estimate of drug-likeness (QED) is 0.349. The summed E-state index contributed by atoms with van der Waals surface area (Å²) in [6, 6.07) is 0. The summed E-state index contributed by atoms with van der Waals surface area (Å²) in [5.74, 6) is 6.67. The van der Waals surface area contributed by atoms with Gasteiger partial charge in [0.1, 0.15) is 0 Å². The van der Waals surface area contributed by atoms with Gasteiger partial charge in [0.2, 0.25) is 0 Å². The largest absolute Gasteiger partial charge is 0.382 e. The monoisotopic (exact) mass is 280 g/mol. The van der Waals surface area contributed by atoms with Crippen LogP contribution >= 0.6 is 0 Å². The van der Waals surface area contributed by atoms with E-state index in [0.29, 0.717) is 31.5 Å². The van der Waals surface area contributed by atoms with E-state index in [1.54, 1.807) is 19.5 Å². The lowest BCUT2D eigenvalue weighted by atomic mass is 10.4. The zero-order valence-electron chi connectivity index (χ0n) is 11.5. The topological polar surface area (TPSA) is 98.7 Å². The Morgan fingerprint density at radius 1 is 1.35 bits per heavy atom. The van der Waals surface area contributed by atoms with Crippen molar-refractivity contribution in [3.05, 3.63) is 18.6 Å². The van der Waals surface area contributed by atoms with Gasteiger partial charge in [-0.2, -0.15) is 0 Å². The molecule has 0 fully saturated rings. The minimum atomic E-state index is 0.578. The Labute approximate surface area is 117 Å². The smallest absolute Gasteiger partial charge is 0.180 e. The molecular weight excluding hydrogens is 260 g/mol. The van der Waals surface area contributed by atoms with Crippen molar-refractivity contribution in [3.63, 3.8) is 0 Å². The predicted molar refractivity (Wildman–Crippen MR) is 76.6 cm³/mol. The molecule has 0 atom stereocenters. The number of nitrogens with zero attached hydrogens (tertiary/aromatic N) is 3. The summed E-state index contributed by atoms with van der Waals surface area (Å²) in [6.07, 6.45) is 6.22. The van der Waals surface area contributed by atoms with Crippen LogP contribution in [-0.4, -0.2) is 47.8 Å². The fourth-order valence-electron chi connectivity index (χ4n) is 1.75. The second-order valence-corrected chi connectivity index (χ2v) is 4.16. The highest BCUT2D eigenvalue weighted by atomic mass is 16.5. The van der Waals surface area contributed by atoms with Crippen molar-refractivity contribution in [1.29, 1.82) is 0 Å². The SMILES string of the molecule is COCCOCCCNc1nc(NN)cn2ccnc12. The molecule has 0 saturated heterocycles. The van der Waals surface area contributed by atoms with E-state index in [2.05, 4.69) is 20.7 Å². The summed E-state index contributed by atoms with van der Waals surface area (Å²) in [7, 11) is 1.66. The summed E-state index contributed by atoms with van der Waals surface area (Å²) in [4.78, 5) is 8.60. The normalized spacial score (nSPS) is 10.9. The maximum atomic E-state index is 5.40. The standard InChI is InChI=1S/C12H20N6O2/c1-19-7-8-20-6-2-3-14-11-12-15-4-5-18(12)9-10(16-11)17-13/h4-5,9,17H,2-3,6-8,13H2,1H3,(H,14,16). The van der Waals surface area contributed by atoms with Gasteiger partial charge >= 0.3 is 0 Å². The number of hydrogen-bond donors (Lipinski definition) is 3.